The van der Waals surface area contributed by atoms with Gasteiger partial charge in [-0.15, -0.1) is 0 Å². The number of rotatable bonds is 6. The van der Waals surface area contributed by atoms with Crippen LogP contribution < -0.4 is 10.1 Å². The number of hydrogen-bond acceptors (Lipinski definition) is 5. The Kier molecular flexibility index (Phi) is 5.33. The van der Waals surface area contributed by atoms with Crippen LogP contribution in [0.4, 0.5) is 19.0 Å². The molecule has 0 aliphatic heterocycles. The molecule has 1 aromatic carbocycles. The van der Waals surface area contributed by atoms with E-state index in [-0.39, 0.29) is 11.7 Å². The topological polar surface area (TPSA) is 59.9 Å². The highest BCUT2D eigenvalue weighted by Gasteiger charge is 2.26. The van der Waals surface area contributed by atoms with Crippen LogP contribution in [-0.2, 0) is 0 Å². The number of alkyl halides is 2. The molecule has 1 atom stereocenters. The van der Waals surface area contributed by atoms with Crippen molar-refractivity contribution in [1.82, 2.24) is 15.0 Å². The Balaban J connectivity index is 1.70. The van der Waals surface area contributed by atoms with Gasteiger partial charge < -0.3 is 10.1 Å². The predicted molar refractivity (Wildman–Crippen MR) is 107 cm³/mol. The molecule has 9 heteroatoms. The summed E-state index contributed by atoms with van der Waals surface area (Å²) in [5, 5.41) is 3.72. The number of aromatic nitrogens is 3. The van der Waals surface area contributed by atoms with Crippen molar-refractivity contribution in [3.8, 4) is 5.88 Å². The van der Waals surface area contributed by atoms with Crippen LogP contribution in [0, 0.1) is 12.7 Å². The summed E-state index contributed by atoms with van der Waals surface area (Å²) < 4.78 is 47.0. The Labute approximate surface area is 173 Å². The quantitative estimate of drug-likeness (QED) is 0.490. The first-order valence-electron chi connectivity index (χ1n) is 9.18. The molecule has 3 aromatic rings. The van der Waals surface area contributed by atoms with Gasteiger partial charge in [-0.05, 0) is 48.7 Å². The van der Waals surface area contributed by atoms with Crippen LogP contribution in [0.25, 0.3) is 11.0 Å². The summed E-state index contributed by atoms with van der Waals surface area (Å²) in [5.74, 6) is 0.457. The van der Waals surface area contributed by atoms with Gasteiger partial charge in [0.1, 0.15) is 23.6 Å². The Morgan fingerprint density at radius 3 is 2.59 bits per heavy atom. The molecule has 5 nitrogen and oxygen atoms in total. The van der Waals surface area contributed by atoms with E-state index in [1.807, 2.05) is 0 Å². The number of fused-ring (bicyclic) bond motifs is 1. The van der Waals surface area contributed by atoms with Gasteiger partial charge >= 0.3 is 0 Å². The summed E-state index contributed by atoms with van der Waals surface area (Å²) in [6.07, 6.45) is -0.693. The lowest BCUT2D eigenvalue weighted by Gasteiger charge is -2.19. The average molecular weight is 467 g/mol. The summed E-state index contributed by atoms with van der Waals surface area (Å²) in [7, 11) is 0. The summed E-state index contributed by atoms with van der Waals surface area (Å²) in [4.78, 5) is 13.2. The van der Waals surface area contributed by atoms with Crippen LogP contribution in [0.15, 0.2) is 28.7 Å². The smallest absolute Gasteiger partial charge is 0.266 e. The van der Waals surface area contributed by atoms with Crippen LogP contribution >= 0.6 is 15.9 Å². The summed E-state index contributed by atoms with van der Waals surface area (Å²) in [6, 6.07) is 5.17. The number of anilines is 1. The molecule has 29 heavy (non-hydrogen) atoms. The molecule has 1 N–H and O–H groups in total. The van der Waals surface area contributed by atoms with Crippen molar-refractivity contribution in [2.75, 3.05) is 5.32 Å². The fourth-order valence-electron chi connectivity index (χ4n) is 3.01. The summed E-state index contributed by atoms with van der Waals surface area (Å²) in [6.45, 7) is 3.41. The SMILES string of the molecule is Cc1nc(NC(C)c2cccc(C(F)F)c2F)c2cc(Br)c(OC3CC3)nc2n1. The van der Waals surface area contributed by atoms with Gasteiger partial charge in [0.15, 0.2) is 5.65 Å². The lowest BCUT2D eigenvalue weighted by molar-refractivity contribution is 0.146. The van der Waals surface area contributed by atoms with Crippen molar-refractivity contribution >= 4 is 32.8 Å². The van der Waals surface area contributed by atoms with Crippen LogP contribution in [0.1, 0.15) is 49.2 Å². The minimum absolute atomic E-state index is 0.132. The number of nitrogens with zero attached hydrogens (tertiary/aromatic N) is 3. The van der Waals surface area contributed by atoms with E-state index in [0.29, 0.717) is 33.0 Å². The van der Waals surface area contributed by atoms with Gasteiger partial charge in [0.2, 0.25) is 5.88 Å². The maximum absolute atomic E-state index is 14.5. The molecule has 1 fully saturated rings. The van der Waals surface area contributed by atoms with Crippen molar-refractivity contribution in [1.29, 1.82) is 0 Å². The van der Waals surface area contributed by atoms with Crippen LogP contribution in [-0.4, -0.2) is 21.1 Å². The lowest BCUT2D eigenvalue weighted by Crippen LogP contribution is -2.12. The first-order valence-corrected chi connectivity index (χ1v) is 9.97. The number of halogens is 4. The second-order valence-electron chi connectivity index (χ2n) is 7.00. The van der Waals surface area contributed by atoms with Crippen molar-refractivity contribution in [3.63, 3.8) is 0 Å². The number of pyridine rings is 1. The van der Waals surface area contributed by atoms with E-state index < -0.39 is 23.8 Å². The Bertz CT molecular complexity index is 1080. The Morgan fingerprint density at radius 1 is 1.17 bits per heavy atom. The minimum Gasteiger partial charge on any atom is -0.473 e. The van der Waals surface area contributed by atoms with Gasteiger partial charge in [0, 0.05) is 5.56 Å². The lowest BCUT2D eigenvalue weighted by atomic mass is 10.0. The van der Waals surface area contributed by atoms with Gasteiger partial charge in [-0.2, -0.15) is 4.98 Å². The molecule has 152 valence electrons. The summed E-state index contributed by atoms with van der Waals surface area (Å²) >= 11 is 3.46. The summed E-state index contributed by atoms with van der Waals surface area (Å²) in [5.41, 5.74) is -0.0491. The first kappa shape index (κ1) is 19.9. The van der Waals surface area contributed by atoms with Crippen LogP contribution in [0.5, 0.6) is 5.88 Å². The Morgan fingerprint density at radius 2 is 1.90 bits per heavy atom. The molecule has 0 radical (unpaired) electrons. The van der Waals surface area contributed by atoms with Crippen molar-refractivity contribution in [2.45, 2.75) is 45.3 Å². The largest absolute Gasteiger partial charge is 0.473 e. The minimum atomic E-state index is -2.88. The van der Waals surface area contributed by atoms with E-state index in [9.17, 15) is 13.2 Å². The second kappa shape index (κ2) is 7.78. The zero-order valence-corrected chi connectivity index (χ0v) is 17.3. The molecule has 4 rings (SSSR count). The molecule has 0 amide bonds. The van der Waals surface area contributed by atoms with Gasteiger partial charge in [0.05, 0.1) is 21.5 Å². The number of ether oxygens (including phenoxy) is 1. The monoisotopic (exact) mass is 466 g/mol. The molecular formula is C20H18BrF3N4O. The van der Waals surface area contributed by atoms with Gasteiger partial charge in [-0.25, -0.2) is 23.1 Å². The van der Waals surface area contributed by atoms with Gasteiger partial charge in [-0.1, -0.05) is 18.2 Å². The third-order valence-corrected chi connectivity index (χ3v) is 5.20. The number of benzene rings is 1. The molecule has 1 aliphatic carbocycles. The van der Waals surface area contributed by atoms with Gasteiger partial charge in [-0.3, -0.25) is 0 Å². The highest BCUT2D eigenvalue weighted by atomic mass is 79.9. The second-order valence-corrected chi connectivity index (χ2v) is 7.85. The van der Waals surface area contributed by atoms with E-state index in [1.54, 1.807) is 19.9 Å². The molecule has 0 bridgehead atoms. The molecular weight excluding hydrogens is 449 g/mol. The van der Waals surface area contributed by atoms with Crippen molar-refractivity contribution < 1.29 is 17.9 Å². The third-order valence-electron chi connectivity index (χ3n) is 4.64. The average Bonchev–Trinajstić information content (AvgIpc) is 3.47. The maximum Gasteiger partial charge on any atom is 0.266 e. The van der Waals surface area contributed by atoms with Crippen LogP contribution in [0.2, 0.25) is 0 Å². The molecule has 1 unspecified atom stereocenters. The van der Waals surface area contributed by atoms with E-state index in [4.69, 9.17) is 4.74 Å². The highest BCUT2D eigenvalue weighted by molar-refractivity contribution is 9.10. The van der Waals surface area contributed by atoms with E-state index in [0.717, 1.165) is 18.9 Å². The molecule has 0 saturated heterocycles. The van der Waals surface area contributed by atoms with E-state index in [2.05, 4.69) is 36.2 Å². The van der Waals surface area contributed by atoms with E-state index >= 15 is 0 Å². The Hall–Kier alpha value is -2.42. The van der Waals surface area contributed by atoms with Crippen molar-refractivity contribution in [2.24, 2.45) is 0 Å². The fourth-order valence-corrected chi connectivity index (χ4v) is 3.42. The molecule has 0 spiro atoms. The van der Waals surface area contributed by atoms with E-state index in [1.165, 1.54) is 12.1 Å². The fraction of sp³-hybridized carbons (Fsp3) is 0.350. The normalized spacial score (nSPS) is 15.0. The maximum atomic E-state index is 14.5. The van der Waals surface area contributed by atoms with Crippen molar-refractivity contribution in [3.05, 3.63) is 51.5 Å². The molecule has 1 saturated carbocycles. The molecule has 2 heterocycles. The molecule has 1 aliphatic rings. The predicted octanol–water partition coefficient (Wildman–Crippen LogP) is 5.89. The molecule has 2 aromatic heterocycles. The van der Waals surface area contributed by atoms with Crippen LogP contribution in [0.3, 0.4) is 0 Å². The zero-order chi connectivity index (χ0) is 20.7. The zero-order valence-electron chi connectivity index (χ0n) is 15.7. The highest BCUT2D eigenvalue weighted by Crippen LogP contribution is 2.35. The number of nitrogens with one attached hydrogen (secondary N) is 1. The van der Waals surface area contributed by atoms with Gasteiger partial charge in [0.25, 0.3) is 6.43 Å². The third kappa shape index (κ3) is 4.14. The standard InChI is InChI=1S/C20H18BrF3N4O/c1-9(12-4-3-5-13(16(12)22)17(23)24)25-18-14-8-15(21)20(29-11-6-7-11)28-19(14)27-10(2)26-18/h3-5,8-9,11,17H,6-7H2,1-2H3,(H,25,26,27,28). The first-order chi connectivity index (χ1) is 13.8. The number of hydrogen-bond donors (Lipinski definition) is 1. The number of aryl methyl sites for hydroxylation is 1.